The molecule has 0 amide bonds. The molecule has 0 atom stereocenters. The lowest BCUT2D eigenvalue weighted by Crippen LogP contribution is -2.04. The average molecular weight is 845 g/mol. The lowest BCUT2D eigenvalue weighted by atomic mass is 9.94. The van der Waals surface area contributed by atoms with E-state index in [1.54, 1.807) is 0 Å². The fraction of sp³-hybridized carbons (Fsp3) is 0.0333. The Kier molecular flexibility index (Phi) is 9.22. The van der Waals surface area contributed by atoms with E-state index < -0.39 is 0 Å². The molecular formula is C60H40N6. The molecule has 12 rings (SSSR count). The third-order valence-corrected chi connectivity index (χ3v) is 12.7. The van der Waals surface area contributed by atoms with Crippen molar-refractivity contribution in [2.24, 2.45) is 0 Å². The maximum Gasteiger partial charge on any atom is 0.166 e. The molecule has 6 heteroatoms. The van der Waals surface area contributed by atoms with Gasteiger partial charge in [-0.15, -0.1) is 0 Å². The standard InChI is InChI=1S/C60H40N6/c1-38-24-28-55-49(32-38)46-20-9-11-22-52(46)65(55)54-30-26-44(43-19-13-14-40(34-43)37-61)35-48(54)45-27-31-57(66-53-23-12-10-21-47(53)50-33-39(2)25-29-56(50)66)51(36-45)60-63-58(41-15-5-3-6-16-41)62-59(64-60)42-17-7-4-8-18-42/h3-36H,1-2H3. The highest BCUT2D eigenvalue weighted by atomic mass is 15.1. The molecule has 0 bridgehead atoms. The first-order valence-corrected chi connectivity index (χ1v) is 22.2. The molecule has 3 aromatic heterocycles. The normalized spacial score (nSPS) is 11.5. The van der Waals surface area contributed by atoms with E-state index in [4.69, 9.17) is 15.0 Å². The number of hydrogen-bond donors (Lipinski definition) is 0. The van der Waals surface area contributed by atoms with Crippen molar-refractivity contribution in [1.29, 1.82) is 5.26 Å². The van der Waals surface area contributed by atoms with Gasteiger partial charge in [0.15, 0.2) is 17.5 Å². The minimum absolute atomic E-state index is 0.560. The second kappa shape index (κ2) is 15.7. The van der Waals surface area contributed by atoms with Crippen LogP contribution in [-0.2, 0) is 0 Å². The Labute approximate surface area is 382 Å². The van der Waals surface area contributed by atoms with Crippen LogP contribution in [0, 0.1) is 25.2 Å². The Balaban J connectivity index is 1.19. The Morgan fingerprint density at radius 1 is 0.348 bits per heavy atom. The molecule has 66 heavy (non-hydrogen) atoms. The Hall–Kier alpha value is -8.92. The number of rotatable bonds is 7. The van der Waals surface area contributed by atoms with Gasteiger partial charge in [-0.25, -0.2) is 15.0 Å². The quantitative estimate of drug-likeness (QED) is 0.160. The summed E-state index contributed by atoms with van der Waals surface area (Å²) >= 11 is 0. The topological polar surface area (TPSA) is 72.3 Å². The fourth-order valence-electron chi connectivity index (χ4n) is 9.61. The molecule has 0 saturated heterocycles. The summed E-state index contributed by atoms with van der Waals surface area (Å²) in [4.78, 5) is 15.8. The van der Waals surface area contributed by atoms with E-state index in [9.17, 15) is 5.26 Å². The first-order valence-electron chi connectivity index (χ1n) is 22.2. The van der Waals surface area contributed by atoms with Gasteiger partial charge >= 0.3 is 0 Å². The second-order valence-electron chi connectivity index (χ2n) is 16.9. The largest absolute Gasteiger partial charge is 0.309 e. The molecule has 9 aromatic carbocycles. The maximum atomic E-state index is 9.93. The van der Waals surface area contributed by atoms with Crippen LogP contribution >= 0.6 is 0 Å². The zero-order valence-corrected chi connectivity index (χ0v) is 36.3. The van der Waals surface area contributed by atoms with Gasteiger partial charge in [-0.1, -0.05) is 145 Å². The SMILES string of the molecule is Cc1ccc2c(c1)c1ccccc1n2-c1ccc(-c2cccc(C#N)c2)cc1-c1ccc(-n2c3ccccc3c3cc(C)ccc32)c(-c2nc(-c3ccccc3)nc(-c3ccccc3)n2)c1. The van der Waals surface area contributed by atoms with E-state index in [1.807, 2.05) is 78.9 Å². The van der Waals surface area contributed by atoms with Crippen LogP contribution in [0.5, 0.6) is 0 Å². The summed E-state index contributed by atoms with van der Waals surface area (Å²) in [5.41, 5.74) is 16.1. The number of hydrogen-bond acceptors (Lipinski definition) is 4. The molecule has 3 heterocycles. The summed E-state index contributed by atoms with van der Waals surface area (Å²) in [6.45, 7) is 4.30. The van der Waals surface area contributed by atoms with Crippen LogP contribution in [0.4, 0.5) is 0 Å². The number of nitriles is 1. The van der Waals surface area contributed by atoms with Crippen LogP contribution in [-0.4, -0.2) is 24.1 Å². The second-order valence-corrected chi connectivity index (χ2v) is 16.9. The summed E-state index contributed by atoms with van der Waals surface area (Å²) in [6, 6.07) is 74.5. The summed E-state index contributed by atoms with van der Waals surface area (Å²) in [7, 11) is 0. The molecule has 0 N–H and O–H groups in total. The fourth-order valence-corrected chi connectivity index (χ4v) is 9.61. The molecule has 0 radical (unpaired) electrons. The van der Waals surface area contributed by atoms with Gasteiger partial charge in [0.05, 0.1) is 45.1 Å². The van der Waals surface area contributed by atoms with Crippen LogP contribution in [0.2, 0.25) is 0 Å². The van der Waals surface area contributed by atoms with Crippen molar-refractivity contribution in [2.45, 2.75) is 13.8 Å². The average Bonchev–Trinajstić information content (AvgIpc) is 3.88. The Morgan fingerprint density at radius 3 is 1.38 bits per heavy atom. The smallest absolute Gasteiger partial charge is 0.166 e. The van der Waals surface area contributed by atoms with Gasteiger partial charge < -0.3 is 9.13 Å². The van der Waals surface area contributed by atoms with E-state index in [-0.39, 0.29) is 0 Å². The van der Waals surface area contributed by atoms with Crippen molar-refractivity contribution in [3.63, 3.8) is 0 Å². The van der Waals surface area contributed by atoms with Gasteiger partial charge in [0.25, 0.3) is 0 Å². The van der Waals surface area contributed by atoms with E-state index in [1.165, 1.54) is 32.7 Å². The molecule has 12 aromatic rings. The van der Waals surface area contributed by atoms with Crippen LogP contribution < -0.4 is 0 Å². The van der Waals surface area contributed by atoms with E-state index in [0.717, 1.165) is 72.4 Å². The summed E-state index contributed by atoms with van der Waals surface area (Å²) < 4.78 is 4.75. The van der Waals surface area contributed by atoms with Gasteiger partial charge in [-0.05, 0) is 103 Å². The molecule has 310 valence electrons. The molecular weight excluding hydrogens is 805 g/mol. The third kappa shape index (κ3) is 6.53. The van der Waals surface area contributed by atoms with E-state index in [0.29, 0.717) is 23.0 Å². The molecule has 6 nitrogen and oxygen atoms in total. The molecule has 0 saturated carbocycles. The van der Waals surface area contributed by atoms with Crippen LogP contribution in [0.25, 0.3) is 111 Å². The van der Waals surface area contributed by atoms with Crippen molar-refractivity contribution in [3.8, 4) is 73.9 Å². The molecule has 0 aliphatic heterocycles. The number of aromatic nitrogens is 5. The van der Waals surface area contributed by atoms with E-state index >= 15 is 0 Å². The number of aryl methyl sites for hydroxylation is 2. The van der Waals surface area contributed by atoms with Crippen LogP contribution in [0.15, 0.2) is 206 Å². The number of nitrogens with zero attached hydrogens (tertiary/aromatic N) is 6. The number of para-hydroxylation sites is 2. The first-order chi connectivity index (χ1) is 32.5. The van der Waals surface area contributed by atoms with Gasteiger partial charge in [0.1, 0.15) is 0 Å². The highest BCUT2D eigenvalue weighted by molar-refractivity contribution is 6.11. The summed E-state index contributed by atoms with van der Waals surface area (Å²) in [6.07, 6.45) is 0. The van der Waals surface area contributed by atoms with Crippen molar-refractivity contribution >= 4 is 43.6 Å². The molecule has 0 aliphatic carbocycles. The minimum atomic E-state index is 0.560. The highest BCUT2D eigenvalue weighted by Crippen LogP contribution is 2.42. The minimum Gasteiger partial charge on any atom is -0.309 e. The van der Waals surface area contributed by atoms with Gasteiger partial charge in [-0.3, -0.25) is 0 Å². The highest BCUT2D eigenvalue weighted by Gasteiger charge is 2.23. The van der Waals surface area contributed by atoms with Crippen molar-refractivity contribution in [1.82, 2.24) is 24.1 Å². The monoisotopic (exact) mass is 844 g/mol. The van der Waals surface area contributed by atoms with Gasteiger partial charge in [0, 0.05) is 43.8 Å². The molecule has 0 fully saturated rings. The Bertz CT molecular complexity index is 3850. The van der Waals surface area contributed by atoms with Crippen molar-refractivity contribution < 1.29 is 0 Å². The van der Waals surface area contributed by atoms with Crippen LogP contribution in [0.3, 0.4) is 0 Å². The first kappa shape index (κ1) is 38.7. The zero-order chi connectivity index (χ0) is 44.3. The number of benzene rings is 9. The van der Waals surface area contributed by atoms with Gasteiger partial charge in [0.2, 0.25) is 0 Å². The third-order valence-electron chi connectivity index (χ3n) is 12.7. The van der Waals surface area contributed by atoms with Crippen molar-refractivity contribution in [2.75, 3.05) is 0 Å². The van der Waals surface area contributed by atoms with Gasteiger partial charge in [-0.2, -0.15) is 5.26 Å². The predicted octanol–water partition coefficient (Wildman–Crippen LogP) is 14.9. The lowest BCUT2D eigenvalue weighted by molar-refractivity contribution is 1.06. The Morgan fingerprint density at radius 2 is 0.803 bits per heavy atom. The molecule has 0 spiro atoms. The molecule has 0 unspecified atom stereocenters. The number of fused-ring (bicyclic) bond motifs is 6. The zero-order valence-electron chi connectivity index (χ0n) is 36.3. The summed E-state index contributed by atoms with van der Waals surface area (Å²) in [5.74, 6) is 1.74. The predicted molar refractivity (Wildman–Crippen MR) is 270 cm³/mol. The maximum absolute atomic E-state index is 9.93. The lowest BCUT2D eigenvalue weighted by Gasteiger charge is -2.19. The molecule has 0 aliphatic rings. The summed E-state index contributed by atoms with van der Waals surface area (Å²) in [5, 5.41) is 14.7. The van der Waals surface area contributed by atoms with E-state index in [2.05, 4.69) is 156 Å². The van der Waals surface area contributed by atoms with Crippen LogP contribution in [0.1, 0.15) is 16.7 Å². The van der Waals surface area contributed by atoms with Crippen molar-refractivity contribution in [3.05, 3.63) is 223 Å².